The zero-order chi connectivity index (χ0) is 18.0. The fourth-order valence-electron chi connectivity index (χ4n) is 3.17. The average molecular weight is 345 g/mol. The van der Waals surface area contributed by atoms with Gasteiger partial charge in [0.2, 0.25) is 5.91 Å². The van der Waals surface area contributed by atoms with Crippen LogP contribution in [-0.2, 0) is 4.79 Å². The van der Waals surface area contributed by atoms with Gasteiger partial charge in [-0.1, -0.05) is 0 Å². The summed E-state index contributed by atoms with van der Waals surface area (Å²) in [7, 11) is 3.30. The maximum absolute atomic E-state index is 13.1. The Morgan fingerprint density at radius 1 is 1.36 bits per heavy atom. The third kappa shape index (κ3) is 3.47. The molecule has 0 unspecified atom stereocenters. The highest BCUT2D eigenvalue weighted by atomic mass is 19.1. The monoisotopic (exact) mass is 345 g/mol. The molecule has 8 heteroatoms. The lowest BCUT2D eigenvalue weighted by atomic mass is 9.96. The van der Waals surface area contributed by atoms with Crippen LogP contribution in [0.3, 0.4) is 0 Å². The van der Waals surface area contributed by atoms with Crippen LogP contribution in [0.15, 0.2) is 36.7 Å². The SMILES string of the molecule is CNC(=O)NC[C@@H]1CC(=O)N(C)[C@H]1c1cnn(-c2ccc(F)cc2)c1. The molecule has 0 saturated carbocycles. The number of likely N-dealkylation sites (tertiary alicyclic amines) is 1. The van der Waals surface area contributed by atoms with E-state index in [0.29, 0.717) is 13.0 Å². The maximum atomic E-state index is 13.1. The number of urea groups is 1. The predicted octanol–water partition coefficient (Wildman–Crippen LogP) is 1.46. The van der Waals surface area contributed by atoms with Crippen molar-refractivity contribution in [1.82, 2.24) is 25.3 Å². The summed E-state index contributed by atoms with van der Waals surface area (Å²) in [6, 6.07) is 5.58. The summed E-state index contributed by atoms with van der Waals surface area (Å²) in [4.78, 5) is 25.2. The summed E-state index contributed by atoms with van der Waals surface area (Å²) >= 11 is 0. The van der Waals surface area contributed by atoms with Crippen molar-refractivity contribution in [1.29, 1.82) is 0 Å². The molecule has 2 atom stereocenters. The van der Waals surface area contributed by atoms with Gasteiger partial charge in [-0.25, -0.2) is 13.9 Å². The van der Waals surface area contributed by atoms with Crippen molar-refractivity contribution in [2.45, 2.75) is 12.5 Å². The highest BCUT2D eigenvalue weighted by Gasteiger charge is 2.39. The molecule has 0 bridgehead atoms. The Balaban J connectivity index is 1.81. The van der Waals surface area contributed by atoms with Crippen LogP contribution >= 0.6 is 0 Å². The molecule has 1 saturated heterocycles. The summed E-state index contributed by atoms with van der Waals surface area (Å²) in [5, 5.41) is 9.59. The summed E-state index contributed by atoms with van der Waals surface area (Å²) in [5.41, 5.74) is 1.61. The van der Waals surface area contributed by atoms with Gasteiger partial charge >= 0.3 is 6.03 Å². The second-order valence-corrected chi connectivity index (χ2v) is 6.07. The summed E-state index contributed by atoms with van der Waals surface area (Å²) in [5.74, 6) is -0.318. The molecule has 1 aromatic heterocycles. The number of carbonyl (C=O) groups is 2. The second-order valence-electron chi connectivity index (χ2n) is 6.07. The fraction of sp³-hybridized carbons (Fsp3) is 0.353. The standard InChI is InChI=1S/C17H20FN5O2/c1-19-17(25)20-8-11-7-15(24)22(2)16(11)12-9-21-23(10-12)14-5-3-13(18)4-6-14/h3-6,9-11,16H,7-8H2,1-2H3,(H2,19,20,25)/t11-,16+/m0/s1. The number of halogens is 1. The minimum atomic E-state index is -0.308. The Morgan fingerprint density at radius 2 is 2.08 bits per heavy atom. The van der Waals surface area contributed by atoms with Crippen LogP contribution in [-0.4, -0.2) is 47.3 Å². The molecule has 2 N–H and O–H groups in total. The minimum Gasteiger partial charge on any atom is -0.341 e. The van der Waals surface area contributed by atoms with Crippen molar-refractivity contribution in [3.8, 4) is 5.69 Å². The van der Waals surface area contributed by atoms with Crippen LogP contribution in [0.25, 0.3) is 5.69 Å². The predicted molar refractivity (Wildman–Crippen MR) is 89.6 cm³/mol. The molecule has 1 aliphatic rings. The number of rotatable bonds is 4. The second kappa shape index (κ2) is 6.92. The molecule has 0 spiro atoms. The zero-order valence-electron chi connectivity index (χ0n) is 14.1. The van der Waals surface area contributed by atoms with Gasteiger partial charge in [0, 0.05) is 44.7 Å². The molecule has 0 radical (unpaired) electrons. The number of nitrogens with one attached hydrogen (secondary N) is 2. The van der Waals surface area contributed by atoms with Crippen LogP contribution < -0.4 is 10.6 Å². The molecule has 25 heavy (non-hydrogen) atoms. The first-order chi connectivity index (χ1) is 12.0. The van der Waals surface area contributed by atoms with Crippen molar-refractivity contribution in [2.75, 3.05) is 20.6 Å². The zero-order valence-corrected chi connectivity index (χ0v) is 14.1. The topological polar surface area (TPSA) is 79.3 Å². The van der Waals surface area contributed by atoms with Crippen molar-refractivity contribution < 1.29 is 14.0 Å². The summed E-state index contributed by atoms with van der Waals surface area (Å²) in [6.07, 6.45) is 3.91. The molecule has 132 valence electrons. The van der Waals surface area contributed by atoms with E-state index in [4.69, 9.17) is 0 Å². The maximum Gasteiger partial charge on any atom is 0.314 e. The number of hydrogen-bond donors (Lipinski definition) is 2. The molecule has 0 aliphatic carbocycles. The van der Waals surface area contributed by atoms with Gasteiger partial charge in [0.05, 0.1) is 17.9 Å². The van der Waals surface area contributed by atoms with Gasteiger partial charge in [-0.2, -0.15) is 5.10 Å². The third-order valence-corrected chi connectivity index (χ3v) is 4.48. The van der Waals surface area contributed by atoms with Gasteiger partial charge < -0.3 is 15.5 Å². The highest BCUT2D eigenvalue weighted by Crippen LogP contribution is 2.36. The van der Waals surface area contributed by atoms with Crippen LogP contribution in [0.1, 0.15) is 18.0 Å². The number of aromatic nitrogens is 2. The van der Waals surface area contributed by atoms with Crippen LogP contribution in [0.4, 0.5) is 9.18 Å². The molecule has 1 aromatic carbocycles. The van der Waals surface area contributed by atoms with E-state index in [0.717, 1.165) is 11.3 Å². The van der Waals surface area contributed by atoms with E-state index in [9.17, 15) is 14.0 Å². The molecule has 1 fully saturated rings. The Labute approximate surface area is 144 Å². The third-order valence-electron chi connectivity index (χ3n) is 4.48. The van der Waals surface area contributed by atoms with Crippen molar-refractivity contribution >= 4 is 11.9 Å². The number of nitrogens with zero attached hydrogens (tertiary/aromatic N) is 3. The van der Waals surface area contributed by atoms with Crippen molar-refractivity contribution in [3.05, 3.63) is 48.0 Å². The minimum absolute atomic E-state index is 0.0308. The molecule has 1 aliphatic heterocycles. The lowest BCUT2D eigenvalue weighted by molar-refractivity contribution is -0.127. The van der Waals surface area contributed by atoms with E-state index in [1.807, 2.05) is 6.20 Å². The molecule has 7 nitrogen and oxygen atoms in total. The number of carbonyl (C=O) groups excluding carboxylic acids is 2. The first-order valence-corrected chi connectivity index (χ1v) is 8.01. The van der Waals surface area contributed by atoms with Gasteiger partial charge in [-0.05, 0) is 24.3 Å². The van der Waals surface area contributed by atoms with Gasteiger partial charge in [0.25, 0.3) is 0 Å². The normalized spacial score (nSPS) is 20.0. The lowest BCUT2D eigenvalue weighted by Gasteiger charge is -2.24. The highest BCUT2D eigenvalue weighted by molar-refractivity contribution is 5.79. The Hall–Kier alpha value is -2.90. The number of hydrogen-bond acceptors (Lipinski definition) is 3. The van der Waals surface area contributed by atoms with Crippen LogP contribution in [0.5, 0.6) is 0 Å². The van der Waals surface area contributed by atoms with E-state index in [1.54, 1.807) is 42.0 Å². The fourth-order valence-corrected chi connectivity index (χ4v) is 3.17. The first kappa shape index (κ1) is 16.9. The molecule has 2 aromatic rings. The van der Waals surface area contributed by atoms with Gasteiger partial charge in [-0.15, -0.1) is 0 Å². The summed E-state index contributed by atoms with van der Waals surface area (Å²) < 4.78 is 14.7. The van der Waals surface area contributed by atoms with Crippen LogP contribution in [0.2, 0.25) is 0 Å². The first-order valence-electron chi connectivity index (χ1n) is 8.01. The Bertz CT molecular complexity index is 774. The summed E-state index contributed by atoms with van der Waals surface area (Å²) in [6.45, 7) is 0.391. The number of benzene rings is 1. The van der Waals surface area contributed by atoms with Gasteiger partial charge in [0.15, 0.2) is 0 Å². The largest absolute Gasteiger partial charge is 0.341 e. The van der Waals surface area contributed by atoms with E-state index in [1.165, 1.54) is 12.1 Å². The van der Waals surface area contributed by atoms with Crippen molar-refractivity contribution in [2.24, 2.45) is 5.92 Å². The average Bonchev–Trinajstić information content (AvgIpc) is 3.19. The quantitative estimate of drug-likeness (QED) is 0.880. The van der Waals surface area contributed by atoms with Crippen LogP contribution in [0, 0.1) is 11.7 Å². The van der Waals surface area contributed by atoms with E-state index in [-0.39, 0.29) is 29.7 Å². The lowest BCUT2D eigenvalue weighted by Crippen LogP contribution is -2.37. The van der Waals surface area contributed by atoms with Crippen molar-refractivity contribution in [3.63, 3.8) is 0 Å². The molecule has 2 heterocycles. The molecular weight excluding hydrogens is 325 g/mol. The molecular formula is C17H20FN5O2. The van der Waals surface area contributed by atoms with E-state index in [2.05, 4.69) is 15.7 Å². The molecule has 3 amide bonds. The Morgan fingerprint density at radius 3 is 2.76 bits per heavy atom. The Kier molecular flexibility index (Phi) is 4.69. The van der Waals surface area contributed by atoms with E-state index < -0.39 is 0 Å². The van der Waals surface area contributed by atoms with Gasteiger partial charge in [-0.3, -0.25) is 4.79 Å². The number of amides is 3. The molecule has 3 rings (SSSR count). The van der Waals surface area contributed by atoms with E-state index >= 15 is 0 Å². The van der Waals surface area contributed by atoms with Gasteiger partial charge in [0.1, 0.15) is 5.82 Å². The smallest absolute Gasteiger partial charge is 0.314 e.